The van der Waals surface area contributed by atoms with E-state index in [-0.39, 0.29) is 11.8 Å². The lowest BCUT2D eigenvalue weighted by Crippen LogP contribution is -2.20. The summed E-state index contributed by atoms with van der Waals surface area (Å²) in [5, 5.41) is 7.23. The van der Waals surface area contributed by atoms with Crippen LogP contribution >= 0.6 is 0 Å². The average molecular weight is 301 g/mol. The first kappa shape index (κ1) is 16.0. The topological polar surface area (TPSA) is 63.1 Å². The van der Waals surface area contributed by atoms with Gasteiger partial charge in [0.05, 0.1) is 23.5 Å². The van der Waals surface area contributed by atoms with Crippen LogP contribution in [0.5, 0.6) is 0 Å². The molecule has 2 aromatic rings. The Morgan fingerprint density at radius 1 is 1.32 bits per heavy atom. The molecule has 6 nitrogen and oxygen atoms in total. The lowest BCUT2D eigenvalue weighted by molar-refractivity contribution is -0.117. The van der Waals surface area contributed by atoms with Gasteiger partial charge in [-0.25, -0.2) is 4.98 Å². The molecule has 2 heterocycles. The fraction of sp³-hybridized carbons (Fsp3) is 0.438. The zero-order valence-electron chi connectivity index (χ0n) is 14.0. The second kappa shape index (κ2) is 6.17. The molecule has 1 atom stereocenters. The second-order valence-corrected chi connectivity index (χ2v) is 5.72. The lowest BCUT2D eigenvalue weighted by Gasteiger charge is -2.14. The maximum atomic E-state index is 12.4. The number of hydrogen-bond acceptors (Lipinski definition) is 4. The number of hydrogen-bond donors (Lipinski definition) is 1. The van der Waals surface area contributed by atoms with Crippen LogP contribution in [-0.2, 0) is 11.8 Å². The third-order valence-corrected chi connectivity index (χ3v) is 3.91. The van der Waals surface area contributed by atoms with Crippen LogP contribution in [-0.4, -0.2) is 34.8 Å². The minimum absolute atomic E-state index is 0.0793. The minimum atomic E-state index is -0.274. The van der Waals surface area contributed by atoms with Crippen LogP contribution in [0.4, 0.5) is 11.5 Å². The van der Waals surface area contributed by atoms with Crippen molar-refractivity contribution in [3.05, 3.63) is 35.3 Å². The van der Waals surface area contributed by atoms with Crippen LogP contribution in [0.3, 0.4) is 0 Å². The number of aryl methyl sites for hydroxylation is 2. The van der Waals surface area contributed by atoms with Crippen LogP contribution in [0.1, 0.15) is 29.8 Å². The molecule has 0 aromatic carbocycles. The molecule has 0 unspecified atom stereocenters. The first-order valence-electron chi connectivity index (χ1n) is 7.25. The molecule has 0 aliphatic rings. The number of pyridine rings is 1. The molecule has 0 saturated heterocycles. The van der Waals surface area contributed by atoms with E-state index in [1.54, 1.807) is 10.9 Å². The molecule has 0 saturated carbocycles. The monoisotopic (exact) mass is 301 g/mol. The normalized spacial score (nSPS) is 12.1. The third-order valence-electron chi connectivity index (χ3n) is 3.91. The van der Waals surface area contributed by atoms with E-state index in [2.05, 4.69) is 15.4 Å². The molecule has 2 aromatic heterocycles. The van der Waals surface area contributed by atoms with E-state index in [4.69, 9.17) is 0 Å². The third kappa shape index (κ3) is 3.10. The average Bonchev–Trinajstić information content (AvgIpc) is 2.72. The standard InChI is InChI=1S/C16H23N5O/c1-10(15-11(2)19-21(6)12(15)3)16(22)18-14-8-7-13(9-17-14)20(4)5/h7-10H,1-6H3,(H,17,18,22)/t10-/m1/s1. The molecule has 118 valence electrons. The van der Waals surface area contributed by atoms with Crippen molar-refractivity contribution in [2.45, 2.75) is 26.7 Å². The Bertz CT molecular complexity index is 673. The summed E-state index contributed by atoms with van der Waals surface area (Å²) in [6.07, 6.45) is 1.74. The van der Waals surface area contributed by atoms with Crippen molar-refractivity contribution < 1.29 is 4.79 Å². The highest BCUT2D eigenvalue weighted by Crippen LogP contribution is 2.24. The molecule has 22 heavy (non-hydrogen) atoms. The van der Waals surface area contributed by atoms with Crippen LogP contribution < -0.4 is 10.2 Å². The van der Waals surface area contributed by atoms with Gasteiger partial charge in [-0.05, 0) is 32.9 Å². The van der Waals surface area contributed by atoms with E-state index >= 15 is 0 Å². The van der Waals surface area contributed by atoms with E-state index < -0.39 is 0 Å². The number of amides is 1. The van der Waals surface area contributed by atoms with Gasteiger partial charge < -0.3 is 10.2 Å². The van der Waals surface area contributed by atoms with Gasteiger partial charge in [0, 0.05) is 32.4 Å². The van der Waals surface area contributed by atoms with Gasteiger partial charge in [-0.2, -0.15) is 5.10 Å². The number of nitrogens with one attached hydrogen (secondary N) is 1. The van der Waals surface area contributed by atoms with E-state index in [1.165, 1.54) is 0 Å². The summed E-state index contributed by atoms with van der Waals surface area (Å²) in [5.74, 6) is 0.204. The van der Waals surface area contributed by atoms with E-state index in [1.807, 2.05) is 58.9 Å². The van der Waals surface area contributed by atoms with Crippen LogP contribution in [0.25, 0.3) is 0 Å². The Kier molecular flexibility index (Phi) is 4.49. The highest BCUT2D eigenvalue weighted by molar-refractivity contribution is 5.95. The van der Waals surface area contributed by atoms with Crippen molar-refractivity contribution in [2.75, 3.05) is 24.3 Å². The van der Waals surface area contributed by atoms with Gasteiger partial charge in [-0.15, -0.1) is 0 Å². The molecule has 1 amide bonds. The largest absolute Gasteiger partial charge is 0.376 e. The Balaban J connectivity index is 2.14. The molecule has 0 bridgehead atoms. The highest BCUT2D eigenvalue weighted by Gasteiger charge is 2.22. The smallest absolute Gasteiger partial charge is 0.232 e. The molecule has 0 spiro atoms. The van der Waals surface area contributed by atoms with Gasteiger partial charge in [0.2, 0.25) is 5.91 Å². The number of carbonyl (C=O) groups excluding carboxylic acids is 1. The van der Waals surface area contributed by atoms with Crippen molar-refractivity contribution >= 4 is 17.4 Å². The maximum Gasteiger partial charge on any atom is 0.232 e. The summed E-state index contributed by atoms with van der Waals surface area (Å²) in [6, 6.07) is 3.73. The first-order valence-corrected chi connectivity index (χ1v) is 7.25. The van der Waals surface area contributed by atoms with Crippen LogP contribution in [0.2, 0.25) is 0 Å². The molecule has 1 N–H and O–H groups in total. The van der Waals surface area contributed by atoms with Crippen molar-refractivity contribution in [3.63, 3.8) is 0 Å². The van der Waals surface area contributed by atoms with Crippen molar-refractivity contribution in [3.8, 4) is 0 Å². The number of aromatic nitrogens is 3. The van der Waals surface area contributed by atoms with Crippen molar-refractivity contribution in [2.24, 2.45) is 7.05 Å². The molecular formula is C16H23N5O. The summed E-state index contributed by atoms with van der Waals surface area (Å²) in [5.41, 5.74) is 3.87. The Labute approximate surface area is 131 Å². The summed E-state index contributed by atoms with van der Waals surface area (Å²) >= 11 is 0. The second-order valence-electron chi connectivity index (χ2n) is 5.72. The minimum Gasteiger partial charge on any atom is -0.376 e. The fourth-order valence-electron chi connectivity index (χ4n) is 2.51. The summed E-state index contributed by atoms with van der Waals surface area (Å²) < 4.78 is 1.80. The zero-order chi connectivity index (χ0) is 16.4. The predicted octanol–water partition coefficient (Wildman–Crippen LogP) is 2.24. The molecular weight excluding hydrogens is 278 g/mol. The van der Waals surface area contributed by atoms with Crippen LogP contribution in [0.15, 0.2) is 18.3 Å². The number of rotatable bonds is 4. The van der Waals surface area contributed by atoms with E-state index in [9.17, 15) is 4.79 Å². The summed E-state index contributed by atoms with van der Waals surface area (Å²) in [4.78, 5) is 18.7. The van der Waals surface area contributed by atoms with Gasteiger partial charge in [0.1, 0.15) is 5.82 Å². The molecule has 6 heteroatoms. The Morgan fingerprint density at radius 2 is 2.00 bits per heavy atom. The molecule has 0 radical (unpaired) electrons. The molecule has 0 aliphatic carbocycles. The zero-order valence-corrected chi connectivity index (χ0v) is 14.0. The Hall–Kier alpha value is -2.37. The maximum absolute atomic E-state index is 12.4. The van der Waals surface area contributed by atoms with Crippen LogP contribution in [0, 0.1) is 13.8 Å². The number of nitrogens with zero attached hydrogens (tertiary/aromatic N) is 4. The number of carbonyl (C=O) groups is 1. The van der Waals surface area contributed by atoms with Gasteiger partial charge in [0.15, 0.2) is 0 Å². The fourth-order valence-corrected chi connectivity index (χ4v) is 2.51. The Morgan fingerprint density at radius 3 is 2.45 bits per heavy atom. The van der Waals surface area contributed by atoms with Crippen molar-refractivity contribution in [1.29, 1.82) is 0 Å². The SMILES string of the molecule is Cc1nn(C)c(C)c1[C@@H](C)C(=O)Nc1ccc(N(C)C)cn1. The van der Waals surface area contributed by atoms with E-state index in [0.29, 0.717) is 5.82 Å². The molecule has 0 aliphatic heterocycles. The quantitative estimate of drug-likeness (QED) is 0.940. The highest BCUT2D eigenvalue weighted by atomic mass is 16.1. The van der Waals surface area contributed by atoms with Gasteiger partial charge >= 0.3 is 0 Å². The van der Waals surface area contributed by atoms with E-state index in [0.717, 1.165) is 22.6 Å². The first-order chi connectivity index (χ1) is 10.3. The van der Waals surface area contributed by atoms with Crippen molar-refractivity contribution in [1.82, 2.24) is 14.8 Å². The van der Waals surface area contributed by atoms with Gasteiger partial charge in [0.25, 0.3) is 0 Å². The number of anilines is 2. The van der Waals surface area contributed by atoms with Gasteiger partial charge in [-0.1, -0.05) is 0 Å². The molecule has 2 rings (SSSR count). The van der Waals surface area contributed by atoms with Gasteiger partial charge in [-0.3, -0.25) is 9.48 Å². The summed E-state index contributed by atoms with van der Waals surface area (Å²) in [7, 11) is 5.79. The summed E-state index contributed by atoms with van der Waals surface area (Å²) in [6.45, 7) is 5.79. The predicted molar refractivity (Wildman–Crippen MR) is 88.3 cm³/mol. The molecule has 0 fully saturated rings. The lowest BCUT2D eigenvalue weighted by atomic mass is 9.98.